The molecular formula is C9H13BN2O2. The lowest BCUT2D eigenvalue weighted by molar-refractivity contribution is 0.426. The lowest BCUT2D eigenvalue weighted by Crippen LogP contribution is -2.30. The Bertz CT molecular complexity index is 329. The van der Waals surface area contributed by atoms with Gasteiger partial charge in [0.15, 0.2) is 0 Å². The van der Waals surface area contributed by atoms with Crippen molar-refractivity contribution in [2.75, 3.05) is 11.9 Å². The summed E-state index contributed by atoms with van der Waals surface area (Å²) in [6.07, 6.45) is 1.18. The van der Waals surface area contributed by atoms with Gasteiger partial charge >= 0.3 is 7.12 Å². The quantitative estimate of drug-likeness (QED) is 0.394. The van der Waals surface area contributed by atoms with Gasteiger partial charge in [0.25, 0.3) is 0 Å². The fourth-order valence-corrected chi connectivity index (χ4v) is 1.21. The second-order valence-corrected chi connectivity index (χ2v) is 2.90. The van der Waals surface area contributed by atoms with E-state index in [9.17, 15) is 0 Å². The Kier molecular flexibility index (Phi) is 3.68. The van der Waals surface area contributed by atoms with Crippen molar-refractivity contribution in [2.24, 2.45) is 0 Å². The molecule has 74 valence electrons. The van der Waals surface area contributed by atoms with Crippen molar-refractivity contribution in [1.82, 2.24) is 0 Å². The molecule has 0 bridgehead atoms. The maximum Gasteiger partial charge on any atom is 0.488 e. The van der Waals surface area contributed by atoms with Crippen LogP contribution in [-0.2, 0) is 0 Å². The highest BCUT2D eigenvalue weighted by Crippen LogP contribution is 2.10. The largest absolute Gasteiger partial charge is 0.488 e. The lowest BCUT2D eigenvalue weighted by atomic mass is 9.79. The van der Waals surface area contributed by atoms with Gasteiger partial charge < -0.3 is 20.8 Å². The molecule has 0 fully saturated rings. The Morgan fingerprint density at radius 2 is 2.21 bits per heavy atom. The number of rotatable bonds is 4. The molecule has 1 aromatic rings. The smallest absolute Gasteiger partial charge is 0.423 e. The van der Waals surface area contributed by atoms with Crippen LogP contribution in [0.5, 0.6) is 0 Å². The van der Waals surface area contributed by atoms with Crippen LogP contribution in [0, 0.1) is 5.41 Å². The maximum atomic E-state index is 8.92. The molecule has 4 nitrogen and oxygen atoms in total. The fraction of sp³-hybridized carbons (Fsp3) is 0.222. The van der Waals surface area contributed by atoms with Gasteiger partial charge in [0.1, 0.15) is 0 Å². The Morgan fingerprint density at radius 3 is 2.71 bits per heavy atom. The summed E-state index contributed by atoms with van der Waals surface area (Å²) >= 11 is 0. The lowest BCUT2D eigenvalue weighted by Gasteiger charge is -2.08. The molecule has 0 unspecified atom stereocenters. The highest BCUT2D eigenvalue weighted by molar-refractivity contribution is 6.58. The van der Waals surface area contributed by atoms with Crippen LogP contribution in [0.1, 0.15) is 12.5 Å². The average Bonchev–Trinajstić information content (AvgIpc) is 2.18. The van der Waals surface area contributed by atoms with Crippen molar-refractivity contribution < 1.29 is 10.0 Å². The highest BCUT2D eigenvalue weighted by atomic mass is 16.4. The molecular weight excluding hydrogens is 179 g/mol. The standard InChI is InChI=1S/C9H13BN2O2/c1-2-12-9-4-3-8(10(13)14)5-7(9)6-11/h3-6,11-14H,2H2,1H3. The summed E-state index contributed by atoms with van der Waals surface area (Å²) in [6, 6.07) is 4.93. The van der Waals surface area contributed by atoms with E-state index in [1.807, 2.05) is 6.92 Å². The summed E-state index contributed by atoms with van der Waals surface area (Å²) in [5.41, 5.74) is 1.87. The van der Waals surface area contributed by atoms with Crippen molar-refractivity contribution in [3.63, 3.8) is 0 Å². The normalized spacial score (nSPS) is 9.64. The minimum absolute atomic E-state index is 0.394. The number of anilines is 1. The molecule has 14 heavy (non-hydrogen) atoms. The molecule has 0 heterocycles. The predicted molar refractivity (Wildman–Crippen MR) is 58.3 cm³/mol. The molecule has 1 rings (SSSR count). The molecule has 0 radical (unpaired) electrons. The molecule has 0 aliphatic rings. The van der Waals surface area contributed by atoms with Crippen molar-refractivity contribution in [3.8, 4) is 0 Å². The SMILES string of the molecule is CCNc1ccc(B(O)O)cc1C=N. The predicted octanol–water partition coefficient (Wildman–Crippen LogP) is -0.204. The Balaban J connectivity index is 3.04. The first-order valence-corrected chi connectivity index (χ1v) is 4.43. The third-order valence-electron chi connectivity index (χ3n) is 1.90. The van der Waals surface area contributed by atoms with E-state index in [2.05, 4.69) is 5.32 Å². The van der Waals surface area contributed by atoms with Crippen LogP contribution in [-0.4, -0.2) is 29.9 Å². The van der Waals surface area contributed by atoms with Gasteiger partial charge in [0.2, 0.25) is 0 Å². The fourth-order valence-electron chi connectivity index (χ4n) is 1.21. The summed E-state index contributed by atoms with van der Waals surface area (Å²) in [5, 5.41) is 28.1. The number of benzene rings is 1. The van der Waals surface area contributed by atoms with Crippen molar-refractivity contribution in [1.29, 1.82) is 5.41 Å². The van der Waals surface area contributed by atoms with Crippen molar-refractivity contribution in [2.45, 2.75) is 6.92 Å². The summed E-state index contributed by atoms with van der Waals surface area (Å²) in [7, 11) is -1.48. The van der Waals surface area contributed by atoms with Crippen LogP contribution in [0.3, 0.4) is 0 Å². The van der Waals surface area contributed by atoms with Gasteiger partial charge in [-0.15, -0.1) is 0 Å². The zero-order chi connectivity index (χ0) is 10.6. The third kappa shape index (κ3) is 2.34. The molecule has 5 heteroatoms. The van der Waals surface area contributed by atoms with Crippen molar-refractivity contribution in [3.05, 3.63) is 23.8 Å². The highest BCUT2D eigenvalue weighted by Gasteiger charge is 2.12. The minimum atomic E-state index is -1.48. The van der Waals surface area contributed by atoms with Gasteiger partial charge in [-0.05, 0) is 18.5 Å². The molecule has 0 amide bonds. The van der Waals surface area contributed by atoms with E-state index >= 15 is 0 Å². The van der Waals surface area contributed by atoms with Gasteiger partial charge in [-0.3, -0.25) is 0 Å². The second-order valence-electron chi connectivity index (χ2n) is 2.90. The molecule has 0 spiro atoms. The maximum absolute atomic E-state index is 8.92. The first kappa shape index (κ1) is 10.8. The summed E-state index contributed by atoms with van der Waals surface area (Å²) in [5.74, 6) is 0. The van der Waals surface area contributed by atoms with Crippen LogP contribution in [0.25, 0.3) is 0 Å². The zero-order valence-electron chi connectivity index (χ0n) is 7.99. The Morgan fingerprint density at radius 1 is 1.50 bits per heavy atom. The average molecular weight is 192 g/mol. The van der Waals surface area contributed by atoms with E-state index in [0.29, 0.717) is 11.0 Å². The molecule has 0 saturated heterocycles. The minimum Gasteiger partial charge on any atom is -0.423 e. The Labute approximate surface area is 83.2 Å². The summed E-state index contributed by atoms with van der Waals surface area (Å²) in [6.45, 7) is 2.73. The third-order valence-corrected chi connectivity index (χ3v) is 1.90. The van der Waals surface area contributed by atoms with Gasteiger partial charge in [0, 0.05) is 24.0 Å². The Hall–Kier alpha value is -1.33. The van der Waals surface area contributed by atoms with E-state index in [1.54, 1.807) is 18.2 Å². The van der Waals surface area contributed by atoms with Crippen LogP contribution in [0.4, 0.5) is 5.69 Å². The van der Waals surface area contributed by atoms with E-state index in [4.69, 9.17) is 15.5 Å². The molecule has 0 atom stereocenters. The van der Waals surface area contributed by atoms with Gasteiger partial charge in [-0.2, -0.15) is 0 Å². The van der Waals surface area contributed by atoms with Gasteiger partial charge in [-0.1, -0.05) is 12.1 Å². The van der Waals surface area contributed by atoms with Crippen molar-refractivity contribution >= 4 is 24.5 Å². The molecule has 0 aliphatic heterocycles. The zero-order valence-corrected chi connectivity index (χ0v) is 7.99. The van der Waals surface area contributed by atoms with Crippen LogP contribution in [0.15, 0.2) is 18.2 Å². The molecule has 0 aromatic heterocycles. The topological polar surface area (TPSA) is 76.3 Å². The molecule has 4 N–H and O–H groups in total. The van der Waals surface area contributed by atoms with E-state index in [0.717, 1.165) is 12.2 Å². The first-order valence-electron chi connectivity index (χ1n) is 4.43. The van der Waals surface area contributed by atoms with Crippen LogP contribution >= 0.6 is 0 Å². The summed E-state index contributed by atoms with van der Waals surface area (Å²) in [4.78, 5) is 0. The van der Waals surface area contributed by atoms with Crippen LogP contribution < -0.4 is 10.8 Å². The second kappa shape index (κ2) is 4.78. The van der Waals surface area contributed by atoms with E-state index < -0.39 is 7.12 Å². The van der Waals surface area contributed by atoms with E-state index in [-0.39, 0.29) is 0 Å². The van der Waals surface area contributed by atoms with Crippen LogP contribution in [0.2, 0.25) is 0 Å². The summed E-state index contributed by atoms with van der Waals surface area (Å²) < 4.78 is 0. The molecule has 0 saturated carbocycles. The number of hydrogen-bond donors (Lipinski definition) is 4. The van der Waals surface area contributed by atoms with Gasteiger partial charge in [-0.25, -0.2) is 0 Å². The van der Waals surface area contributed by atoms with Gasteiger partial charge in [0.05, 0.1) is 0 Å². The molecule has 0 aliphatic carbocycles. The number of nitrogens with one attached hydrogen (secondary N) is 2. The first-order chi connectivity index (χ1) is 6.69. The number of hydrogen-bond acceptors (Lipinski definition) is 4. The molecule has 1 aromatic carbocycles. The monoisotopic (exact) mass is 192 g/mol. The van der Waals surface area contributed by atoms with E-state index in [1.165, 1.54) is 6.21 Å².